The average molecular weight is 437 g/mol. The molecule has 2 aromatic carbocycles. The van der Waals surface area contributed by atoms with Crippen molar-refractivity contribution in [2.24, 2.45) is 22.4 Å². The van der Waals surface area contributed by atoms with Crippen LogP contribution in [0.15, 0.2) is 47.6 Å². The first-order valence-corrected chi connectivity index (χ1v) is 10.8. The summed E-state index contributed by atoms with van der Waals surface area (Å²) < 4.78 is 11.2. The third-order valence-corrected chi connectivity index (χ3v) is 6.73. The van der Waals surface area contributed by atoms with Crippen LogP contribution < -0.4 is 14.9 Å². The van der Waals surface area contributed by atoms with E-state index in [-0.39, 0.29) is 29.5 Å². The summed E-state index contributed by atoms with van der Waals surface area (Å²) in [5.74, 6) is 1.65. The molecule has 4 rings (SSSR count). The molecule has 0 bridgehead atoms. The Balaban J connectivity index is 1.33. The summed E-state index contributed by atoms with van der Waals surface area (Å²) in [7, 11) is 1.55. The Hall–Kier alpha value is -3.42. The number of fused-ring (bicyclic) bond motifs is 1. The van der Waals surface area contributed by atoms with Gasteiger partial charge in [-0.15, -0.1) is 0 Å². The highest BCUT2D eigenvalue weighted by Crippen LogP contribution is 2.66. The molecule has 1 amide bonds. The van der Waals surface area contributed by atoms with E-state index in [9.17, 15) is 14.9 Å². The smallest absolute Gasteiger partial charge is 0.269 e. The van der Waals surface area contributed by atoms with Gasteiger partial charge in [-0.25, -0.2) is 5.43 Å². The molecule has 0 radical (unpaired) electrons. The van der Waals surface area contributed by atoms with Crippen LogP contribution in [0.5, 0.6) is 11.5 Å². The number of hydrogen-bond acceptors (Lipinski definition) is 6. The molecule has 1 N–H and O–H groups in total. The molecule has 8 nitrogen and oxygen atoms in total. The molecule has 3 atom stereocenters. The van der Waals surface area contributed by atoms with E-state index in [1.54, 1.807) is 37.6 Å². The number of nitro benzene ring substituents is 1. The van der Waals surface area contributed by atoms with Gasteiger partial charge in [-0.1, -0.05) is 19.8 Å². The van der Waals surface area contributed by atoms with Gasteiger partial charge in [0, 0.05) is 18.1 Å². The lowest BCUT2D eigenvalue weighted by molar-refractivity contribution is -0.384. The fourth-order valence-corrected chi connectivity index (χ4v) is 4.85. The number of carbonyl (C=O) groups is 1. The molecule has 168 valence electrons. The van der Waals surface area contributed by atoms with Crippen LogP contribution in [-0.2, 0) is 11.4 Å². The van der Waals surface area contributed by atoms with E-state index < -0.39 is 4.92 Å². The van der Waals surface area contributed by atoms with E-state index in [4.69, 9.17) is 9.47 Å². The number of hydrazone groups is 1. The zero-order valence-electron chi connectivity index (χ0n) is 18.2. The first kappa shape index (κ1) is 21.8. The minimum atomic E-state index is -0.436. The van der Waals surface area contributed by atoms with Crippen molar-refractivity contribution in [3.8, 4) is 11.5 Å². The maximum Gasteiger partial charge on any atom is 0.269 e. The van der Waals surface area contributed by atoms with E-state index in [1.807, 2.05) is 6.07 Å². The molecule has 3 unspecified atom stereocenters. The molecular weight excluding hydrogens is 410 g/mol. The van der Waals surface area contributed by atoms with Crippen molar-refractivity contribution in [3.05, 3.63) is 63.7 Å². The molecule has 2 aromatic rings. The summed E-state index contributed by atoms with van der Waals surface area (Å²) in [5, 5.41) is 14.9. The molecule has 8 heteroatoms. The van der Waals surface area contributed by atoms with Gasteiger partial charge in [-0.05, 0) is 65.6 Å². The molecule has 0 saturated heterocycles. The van der Waals surface area contributed by atoms with Gasteiger partial charge in [0.25, 0.3) is 5.69 Å². The summed E-state index contributed by atoms with van der Waals surface area (Å²) in [6.07, 6.45) is 6.27. The molecule has 0 aromatic heterocycles. The summed E-state index contributed by atoms with van der Waals surface area (Å²) in [5.41, 5.74) is 4.47. The molecule has 2 fully saturated rings. The summed E-state index contributed by atoms with van der Waals surface area (Å²) in [4.78, 5) is 22.8. The predicted octanol–water partition coefficient (Wildman–Crippen LogP) is 4.46. The number of non-ortho nitro benzene ring substituents is 1. The summed E-state index contributed by atoms with van der Waals surface area (Å²) in [6.45, 7) is 2.46. The van der Waals surface area contributed by atoms with E-state index in [0.29, 0.717) is 17.4 Å². The fourth-order valence-electron chi connectivity index (χ4n) is 4.85. The number of benzene rings is 2. The van der Waals surface area contributed by atoms with Crippen molar-refractivity contribution in [3.63, 3.8) is 0 Å². The van der Waals surface area contributed by atoms with Crippen LogP contribution in [0.1, 0.15) is 43.7 Å². The molecule has 0 spiro atoms. The maximum atomic E-state index is 12.5. The molecule has 2 aliphatic rings. The van der Waals surface area contributed by atoms with Crippen LogP contribution in [0.4, 0.5) is 5.69 Å². The van der Waals surface area contributed by atoms with Crippen LogP contribution in [-0.4, -0.2) is 24.2 Å². The van der Waals surface area contributed by atoms with E-state index in [0.717, 1.165) is 24.0 Å². The highest BCUT2D eigenvalue weighted by molar-refractivity contribution is 5.86. The Labute approximate surface area is 186 Å². The minimum Gasteiger partial charge on any atom is -0.493 e. The first-order chi connectivity index (χ1) is 15.4. The lowest BCUT2D eigenvalue weighted by Gasteiger charge is -2.15. The SMILES string of the molecule is COc1cc(C=NNC(=O)C2C3CCCCC32C)ccc1OCc1ccc([N+](=O)[O-])cc1. The number of rotatable bonds is 8. The largest absolute Gasteiger partial charge is 0.493 e. The van der Waals surface area contributed by atoms with Crippen LogP contribution in [0.3, 0.4) is 0 Å². The quantitative estimate of drug-likeness (QED) is 0.373. The lowest BCUT2D eigenvalue weighted by Crippen LogP contribution is -2.22. The van der Waals surface area contributed by atoms with Gasteiger partial charge >= 0.3 is 0 Å². The van der Waals surface area contributed by atoms with Crippen molar-refractivity contribution in [1.82, 2.24) is 5.43 Å². The second-order valence-electron chi connectivity index (χ2n) is 8.69. The van der Waals surface area contributed by atoms with Gasteiger partial charge in [-0.3, -0.25) is 14.9 Å². The number of hydrogen-bond donors (Lipinski definition) is 1. The highest BCUT2D eigenvalue weighted by Gasteiger charge is 2.64. The number of nitrogens with zero attached hydrogens (tertiary/aromatic N) is 2. The molecule has 32 heavy (non-hydrogen) atoms. The normalized spacial score (nSPS) is 23.9. The van der Waals surface area contributed by atoms with Gasteiger partial charge in [0.2, 0.25) is 5.91 Å². The number of nitro groups is 1. The monoisotopic (exact) mass is 437 g/mol. The zero-order valence-corrected chi connectivity index (χ0v) is 18.2. The molecule has 0 heterocycles. The third kappa shape index (κ3) is 4.44. The number of carbonyl (C=O) groups excluding carboxylic acids is 1. The maximum absolute atomic E-state index is 12.5. The summed E-state index contributed by atoms with van der Waals surface area (Å²) >= 11 is 0. The number of amides is 1. The van der Waals surface area contributed by atoms with Crippen LogP contribution >= 0.6 is 0 Å². The first-order valence-electron chi connectivity index (χ1n) is 10.8. The van der Waals surface area contributed by atoms with Gasteiger partial charge in [-0.2, -0.15) is 5.10 Å². The van der Waals surface area contributed by atoms with Gasteiger partial charge < -0.3 is 9.47 Å². The van der Waals surface area contributed by atoms with Gasteiger partial charge in [0.1, 0.15) is 6.61 Å². The third-order valence-electron chi connectivity index (χ3n) is 6.73. The van der Waals surface area contributed by atoms with Crippen LogP contribution in [0, 0.1) is 27.4 Å². The Morgan fingerprint density at radius 1 is 1.25 bits per heavy atom. The van der Waals surface area contributed by atoms with Gasteiger partial charge in [0.15, 0.2) is 11.5 Å². The van der Waals surface area contributed by atoms with Crippen molar-refractivity contribution >= 4 is 17.8 Å². The standard InChI is InChI=1S/C24H27N3O5/c1-24-12-4-3-5-19(24)22(24)23(28)26-25-14-17-8-11-20(21(13-17)31-2)32-15-16-6-9-18(10-7-16)27(29)30/h6-11,13-14,19,22H,3-5,12,15H2,1-2H3,(H,26,28). The van der Waals surface area contributed by atoms with Crippen LogP contribution in [0.25, 0.3) is 0 Å². The Morgan fingerprint density at radius 2 is 2.03 bits per heavy atom. The van der Waals surface area contributed by atoms with E-state index >= 15 is 0 Å². The number of nitrogens with one attached hydrogen (secondary N) is 1. The molecular formula is C24H27N3O5. The van der Waals surface area contributed by atoms with Crippen molar-refractivity contribution in [2.45, 2.75) is 39.2 Å². The number of methoxy groups -OCH3 is 1. The topological polar surface area (TPSA) is 103 Å². The zero-order chi connectivity index (χ0) is 22.7. The molecule has 2 saturated carbocycles. The number of ether oxygens (including phenoxy) is 2. The van der Waals surface area contributed by atoms with Crippen molar-refractivity contribution in [2.75, 3.05) is 7.11 Å². The highest BCUT2D eigenvalue weighted by atomic mass is 16.6. The van der Waals surface area contributed by atoms with Crippen molar-refractivity contribution in [1.29, 1.82) is 0 Å². The summed E-state index contributed by atoms with van der Waals surface area (Å²) in [6, 6.07) is 11.6. The average Bonchev–Trinajstić information content (AvgIpc) is 3.43. The van der Waals surface area contributed by atoms with Gasteiger partial charge in [0.05, 0.1) is 18.2 Å². The van der Waals surface area contributed by atoms with E-state index in [2.05, 4.69) is 17.5 Å². The second-order valence-corrected chi connectivity index (χ2v) is 8.69. The lowest BCUT2D eigenvalue weighted by atomic mass is 9.90. The molecule has 2 aliphatic carbocycles. The second kappa shape index (κ2) is 8.98. The molecule has 0 aliphatic heterocycles. The Bertz CT molecular complexity index is 1040. The Kier molecular flexibility index (Phi) is 6.12. The van der Waals surface area contributed by atoms with Crippen LogP contribution in [0.2, 0.25) is 0 Å². The van der Waals surface area contributed by atoms with E-state index in [1.165, 1.54) is 25.0 Å². The van der Waals surface area contributed by atoms with Crippen molar-refractivity contribution < 1.29 is 19.2 Å². The Morgan fingerprint density at radius 3 is 2.69 bits per heavy atom. The minimum absolute atomic E-state index is 0.00525. The predicted molar refractivity (Wildman–Crippen MR) is 120 cm³/mol. The fraction of sp³-hybridized carbons (Fsp3) is 0.417.